The Hall–Kier alpha value is -3.36. The van der Waals surface area contributed by atoms with E-state index in [9.17, 15) is 14.9 Å². The van der Waals surface area contributed by atoms with Crippen molar-refractivity contribution in [3.63, 3.8) is 0 Å². The number of hydrogen-bond donors (Lipinski definition) is 0. The van der Waals surface area contributed by atoms with Crippen molar-refractivity contribution in [3.8, 4) is 0 Å². The van der Waals surface area contributed by atoms with E-state index in [1.54, 1.807) is 0 Å². The predicted molar refractivity (Wildman–Crippen MR) is 82.5 cm³/mol. The van der Waals surface area contributed by atoms with Crippen molar-refractivity contribution in [1.82, 2.24) is 19.6 Å². The molecular formula is C15H13N5O4. The number of benzene rings is 1. The second kappa shape index (κ2) is 6.03. The lowest BCUT2D eigenvalue weighted by atomic mass is 10.2. The molecule has 1 aromatic carbocycles. The van der Waals surface area contributed by atoms with Gasteiger partial charge in [0.05, 0.1) is 4.92 Å². The second-order valence-corrected chi connectivity index (χ2v) is 5.19. The van der Waals surface area contributed by atoms with Gasteiger partial charge in [-0.15, -0.1) is 5.10 Å². The van der Waals surface area contributed by atoms with Crippen molar-refractivity contribution in [2.24, 2.45) is 0 Å². The zero-order valence-electron chi connectivity index (χ0n) is 13.0. The van der Waals surface area contributed by atoms with Gasteiger partial charge in [-0.3, -0.25) is 10.1 Å². The molecule has 24 heavy (non-hydrogen) atoms. The molecule has 0 saturated carbocycles. The Morgan fingerprint density at radius 3 is 2.62 bits per heavy atom. The molecule has 0 aliphatic carbocycles. The van der Waals surface area contributed by atoms with Gasteiger partial charge >= 0.3 is 5.97 Å². The summed E-state index contributed by atoms with van der Waals surface area (Å²) in [6.45, 7) is 3.63. The van der Waals surface area contributed by atoms with Crippen LogP contribution in [-0.4, -0.2) is 30.5 Å². The first-order valence-corrected chi connectivity index (χ1v) is 7.05. The molecule has 3 aromatic rings. The summed E-state index contributed by atoms with van der Waals surface area (Å²) >= 11 is 0. The summed E-state index contributed by atoms with van der Waals surface area (Å²) in [5.41, 5.74) is 2.18. The molecule has 0 bridgehead atoms. The van der Waals surface area contributed by atoms with Gasteiger partial charge in [0.25, 0.3) is 17.3 Å². The number of hydrogen-bond acceptors (Lipinski definition) is 7. The highest BCUT2D eigenvalue weighted by atomic mass is 16.6. The van der Waals surface area contributed by atoms with Gasteiger partial charge in [0.1, 0.15) is 6.61 Å². The van der Waals surface area contributed by atoms with E-state index < -0.39 is 10.9 Å². The number of aromatic nitrogens is 4. The molecule has 9 heteroatoms. The van der Waals surface area contributed by atoms with E-state index >= 15 is 0 Å². The van der Waals surface area contributed by atoms with Crippen LogP contribution in [0.25, 0.3) is 5.78 Å². The van der Waals surface area contributed by atoms with E-state index in [0.717, 1.165) is 11.4 Å². The van der Waals surface area contributed by atoms with Gasteiger partial charge in [0.15, 0.2) is 0 Å². The minimum atomic E-state index is -0.684. The van der Waals surface area contributed by atoms with Crippen molar-refractivity contribution < 1.29 is 14.5 Å². The molecule has 0 spiro atoms. The summed E-state index contributed by atoms with van der Waals surface area (Å²) in [5.74, 6) is -0.441. The van der Waals surface area contributed by atoms with Gasteiger partial charge in [-0.2, -0.15) is 4.98 Å². The lowest BCUT2D eigenvalue weighted by Crippen LogP contribution is -2.08. The molecule has 0 aliphatic heterocycles. The molecule has 122 valence electrons. The first-order valence-electron chi connectivity index (χ1n) is 7.05. The van der Waals surface area contributed by atoms with Crippen LogP contribution in [-0.2, 0) is 11.3 Å². The Morgan fingerprint density at radius 1 is 1.25 bits per heavy atom. The first-order chi connectivity index (χ1) is 11.4. The molecule has 0 aliphatic rings. The number of non-ortho nitro benzene ring substituents is 1. The Kier molecular flexibility index (Phi) is 3.90. The Balaban J connectivity index is 1.73. The fourth-order valence-electron chi connectivity index (χ4n) is 2.18. The highest BCUT2D eigenvalue weighted by Gasteiger charge is 2.16. The van der Waals surface area contributed by atoms with E-state index in [1.165, 1.54) is 28.8 Å². The van der Waals surface area contributed by atoms with Gasteiger partial charge in [-0.25, -0.2) is 14.3 Å². The maximum Gasteiger partial charge on any atom is 0.378 e. The number of esters is 1. The van der Waals surface area contributed by atoms with E-state index in [4.69, 9.17) is 4.74 Å². The summed E-state index contributed by atoms with van der Waals surface area (Å²) in [4.78, 5) is 30.4. The first kappa shape index (κ1) is 15.5. The summed E-state index contributed by atoms with van der Waals surface area (Å²) < 4.78 is 6.61. The summed E-state index contributed by atoms with van der Waals surface area (Å²) in [7, 11) is 0. The molecule has 0 N–H and O–H groups in total. The van der Waals surface area contributed by atoms with E-state index in [1.807, 2.05) is 19.9 Å². The lowest BCUT2D eigenvalue weighted by molar-refractivity contribution is -0.384. The van der Waals surface area contributed by atoms with E-state index in [0.29, 0.717) is 11.3 Å². The second-order valence-electron chi connectivity index (χ2n) is 5.19. The number of carbonyl (C=O) groups is 1. The average Bonchev–Trinajstić information content (AvgIpc) is 2.97. The SMILES string of the molecule is Cc1cc(C)n2nc(C(=O)OCc3ccc([N+](=O)[O-])cc3)nc2n1. The van der Waals surface area contributed by atoms with E-state index in [2.05, 4.69) is 15.1 Å². The summed E-state index contributed by atoms with van der Waals surface area (Å²) in [5, 5.41) is 14.7. The predicted octanol–water partition coefficient (Wildman–Crippen LogP) is 2.01. The van der Waals surface area contributed by atoms with Crippen molar-refractivity contribution in [1.29, 1.82) is 0 Å². The number of nitro benzene ring substituents is 1. The van der Waals surface area contributed by atoms with Crippen molar-refractivity contribution in [2.45, 2.75) is 20.5 Å². The van der Waals surface area contributed by atoms with Crippen molar-refractivity contribution in [3.05, 3.63) is 63.2 Å². The molecule has 3 rings (SSSR count). The highest BCUT2D eigenvalue weighted by molar-refractivity contribution is 5.85. The molecule has 0 radical (unpaired) electrons. The quantitative estimate of drug-likeness (QED) is 0.409. The van der Waals surface area contributed by atoms with Gasteiger partial charge < -0.3 is 4.74 Å². The molecular weight excluding hydrogens is 314 g/mol. The summed E-state index contributed by atoms with van der Waals surface area (Å²) in [6, 6.07) is 7.58. The largest absolute Gasteiger partial charge is 0.455 e. The number of rotatable bonds is 4. The van der Waals surface area contributed by atoms with Crippen molar-refractivity contribution in [2.75, 3.05) is 0 Å². The third-order valence-electron chi connectivity index (χ3n) is 3.32. The van der Waals surface area contributed by atoms with Gasteiger partial charge in [0.2, 0.25) is 0 Å². The Morgan fingerprint density at radius 2 is 1.96 bits per heavy atom. The number of nitro groups is 1. The molecule has 2 heterocycles. The maximum atomic E-state index is 12.1. The van der Waals surface area contributed by atoms with Crippen LogP contribution >= 0.6 is 0 Å². The van der Waals surface area contributed by atoms with E-state index in [-0.39, 0.29) is 18.1 Å². The average molecular weight is 327 g/mol. The monoisotopic (exact) mass is 327 g/mol. The van der Waals surface area contributed by atoms with Crippen LogP contribution in [0.1, 0.15) is 27.6 Å². The van der Waals surface area contributed by atoms with Crippen LogP contribution in [0, 0.1) is 24.0 Å². The number of nitrogens with zero attached hydrogens (tertiary/aromatic N) is 5. The lowest BCUT2D eigenvalue weighted by Gasteiger charge is -2.02. The number of ether oxygens (including phenoxy) is 1. The van der Waals surface area contributed by atoms with Crippen LogP contribution in [0.3, 0.4) is 0 Å². The number of aryl methyl sites for hydroxylation is 2. The van der Waals surface area contributed by atoms with Crippen molar-refractivity contribution >= 4 is 17.4 Å². The third kappa shape index (κ3) is 3.05. The molecule has 0 unspecified atom stereocenters. The highest BCUT2D eigenvalue weighted by Crippen LogP contribution is 2.13. The zero-order valence-corrected chi connectivity index (χ0v) is 13.0. The molecule has 2 aromatic heterocycles. The van der Waals surface area contributed by atoms with Gasteiger partial charge in [0, 0.05) is 23.5 Å². The normalized spacial score (nSPS) is 10.8. The van der Waals surface area contributed by atoms with Crippen LogP contribution in [0.15, 0.2) is 30.3 Å². The molecule has 0 fully saturated rings. The standard InChI is InChI=1S/C15H13N5O4/c1-9-7-10(2)19-15(16-9)17-13(18-19)14(21)24-8-11-3-5-12(6-4-11)20(22)23/h3-7H,8H2,1-2H3. The minimum absolute atomic E-state index is 0.0241. The zero-order chi connectivity index (χ0) is 17.3. The smallest absolute Gasteiger partial charge is 0.378 e. The summed E-state index contributed by atoms with van der Waals surface area (Å²) in [6.07, 6.45) is 0. The van der Waals surface area contributed by atoms with Crippen LogP contribution in [0.2, 0.25) is 0 Å². The molecule has 0 saturated heterocycles. The maximum absolute atomic E-state index is 12.1. The van der Waals surface area contributed by atoms with Gasteiger partial charge in [-0.1, -0.05) is 0 Å². The molecule has 0 atom stereocenters. The van der Waals surface area contributed by atoms with Crippen LogP contribution in [0.5, 0.6) is 0 Å². The van der Waals surface area contributed by atoms with Crippen LogP contribution in [0.4, 0.5) is 5.69 Å². The van der Waals surface area contributed by atoms with Gasteiger partial charge in [-0.05, 0) is 37.6 Å². The minimum Gasteiger partial charge on any atom is -0.455 e. The number of carbonyl (C=O) groups excluding carboxylic acids is 1. The Labute approximate surface area is 136 Å². The molecule has 0 amide bonds. The molecule has 9 nitrogen and oxygen atoms in total. The number of fused-ring (bicyclic) bond motifs is 1. The van der Waals surface area contributed by atoms with Crippen LogP contribution < -0.4 is 0 Å². The topological polar surface area (TPSA) is 113 Å². The fourth-order valence-corrected chi connectivity index (χ4v) is 2.18. The Bertz CT molecular complexity index is 933. The third-order valence-corrected chi connectivity index (χ3v) is 3.32. The fraction of sp³-hybridized carbons (Fsp3) is 0.200.